The minimum atomic E-state index is -5.00. The van der Waals surface area contributed by atoms with Crippen LogP contribution in [-0.2, 0) is 35.8 Å². The molecule has 0 radical (unpaired) electrons. The molecule has 0 unspecified atom stereocenters. The molecule has 0 atom stereocenters. The second kappa shape index (κ2) is 13.5. The van der Waals surface area contributed by atoms with Crippen LogP contribution in [0, 0.1) is 25.7 Å². The predicted molar refractivity (Wildman–Crippen MR) is 190 cm³/mol. The van der Waals surface area contributed by atoms with E-state index in [-0.39, 0.29) is 42.1 Å². The quantitative estimate of drug-likeness (QED) is 0.142. The summed E-state index contributed by atoms with van der Waals surface area (Å²) in [6.07, 6.45) is -2.97. The van der Waals surface area contributed by atoms with Gasteiger partial charge in [-0.3, -0.25) is 4.79 Å². The van der Waals surface area contributed by atoms with Crippen molar-refractivity contribution < 1.29 is 31.1 Å². The zero-order chi connectivity index (χ0) is 38.0. The Bertz CT molecular complexity index is 1980. The van der Waals surface area contributed by atoms with Crippen molar-refractivity contribution >= 4 is 34.4 Å². The Morgan fingerprint density at radius 1 is 0.811 bits per heavy atom. The first kappa shape index (κ1) is 36.9. The summed E-state index contributed by atoms with van der Waals surface area (Å²) < 4.78 is 85.9. The highest BCUT2D eigenvalue weighted by atomic mass is 19.4. The maximum atomic E-state index is 14.0. The molecular formula is C38H44F6N8O. The molecule has 2 aliphatic carbocycles. The van der Waals surface area contributed by atoms with E-state index < -0.39 is 23.5 Å². The van der Waals surface area contributed by atoms with Gasteiger partial charge in [-0.1, -0.05) is 0 Å². The normalized spacial score (nSPS) is 17.0. The summed E-state index contributed by atoms with van der Waals surface area (Å²) in [4.78, 5) is 32.7. The summed E-state index contributed by atoms with van der Waals surface area (Å²) in [5, 5.41) is 5.64. The van der Waals surface area contributed by atoms with E-state index in [2.05, 4.69) is 9.88 Å². The first-order chi connectivity index (χ1) is 24.8. The molecule has 7 rings (SSSR count). The molecule has 4 heterocycles. The second-order valence-electron chi connectivity index (χ2n) is 15.9. The molecule has 1 aliphatic heterocycles. The molecule has 1 aromatic carbocycles. The minimum absolute atomic E-state index is 0.0310. The van der Waals surface area contributed by atoms with Gasteiger partial charge < -0.3 is 14.7 Å². The summed E-state index contributed by atoms with van der Waals surface area (Å²) in [7, 11) is 0. The van der Waals surface area contributed by atoms with E-state index in [1.54, 1.807) is 16.7 Å². The number of anilines is 3. The highest BCUT2D eigenvalue weighted by molar-refractivity contribution is 5.95. The van der Waals surface area contributed by atoms with E-state index in [1.165, 1.54) is 6.20 Å². The Balaban J connectivity index is 1.37. The zero-order valence-corrected chi connectivity index (χ0v) is 30.6. The van der Waals surface area contributed by atoms with Gasteiger partial charge in [-0.25, -0.2) is 19.6 Å². The molecule has 0 spiro atoms. The summed E-state index contributed by atoms with van der Waals surface area (Å²) in [6.45, 7) is 11.5. The van der Waals surface area contributed by atoms with Gasteiger partial charge in [0, 0.05) is 50.1 Å². The smallest absolute Gasteiger partial charge is 0.356 e. The lowest BCUT2D eigenvalue weighted by Gasteiger charge is -2.30. The third kappa shape index (κ3) is 8.08. The molecule has 4 aromatic rings. The van der Waals surface area contributed by atoms with Crippen LogP contribution in [0.25, 0.3) is 11.0 Å². The number of pyridine rings is 1. The van der Waals surface area contributed by atoms with Crippen molar-refractivity contribution in [1.29, 1.82) is 0 Å². The van der Waals surface area contributed by atoms with Crippen LogP contribution in [0.1, 0.15) is 92.9 Å². The lowest BCUT2D eigenvalue weighted by Crippen LogP contribution is -2.32. The van der Waals surface area contributed by atoms with Crippen molar-refractivity contribution in [1.82, 2.24) is 24.7 Å². The molecule has 2 saturated carbocycles. The lowest BCUT2D eigenvalue weighted by molar-refractivity contribution is -0.143. The van der Waals surface area contributed by atoms with Gasteiger partial charge in [0.25, 0.3) is 0 Å². The molecule has 3 aromatic heterocycles. The van der Waals surface area contributed by atoms with Crippen LogP contribution in [0.15, 0.2) is 30.5 Å². The number of aromatic nitrogens is 5. The number of alkyl halides is 6. The third-order valence-electron chi connectivity index (χ3n) is 10.2. The second-order valence-corrected chi connectivity index (χ2v) is 15.9. The van der Waals surface area contributed by atoms with E-state index >= 15 is 0 Å². The van der Waals surface area contributed by atoms with Crippen molar-refractivity contribution in [3.63, 3.8) is 0 Å². The molecule has 1 amide bonds. The number of carbonyl (C=O) groups excluding carboxylic acids is 1. The average Bonchev–Trinajstić information content (AvgIpc) is 4.00. The predicted octanol–water partition coefficient (Wildman–Crippen LogP) is 8.59. The molecule has 284 valence electrons. The Hall–Kier alpha value is -4.43. The number of benzene rings is 1. The minimum Gasteiger partial charge on any atom is -0.356 e. The van der Waals surface area contributed by atoms with Gasteiger partial charge in [0.05, 0.1) is 39.9 Å². The van der Waals surface area contributed by atoms with Crippen LogP contribution in [0.3, 0.4) is 0 Å². The zero-order valence-electron chi connectivity index (χ0n) is 30.6. The average molecular weight is 743 g/mol. The van der Waals surface area contributed by atoms with Gasteiger partial charge in [0.1, 0.15) is 5.82 Å². The van der Waals surface area contributed by atoms with Crippen molar-refractivity contribution in [2.24, 2.45) is 11.8 Å². The fourth-order valence-corrected chi connectivity index (χ4v) is 7.05. The first-order valence-corrected chi connectivity index (χ1v) is 18.2. The van der Waals surface area contributed by atoms with Gasteiger partial charge in [-0.2, -0.15) is 31.4 Å². The van der Waals surface area contributed by atoms with E-state index in [9.17, 15) is 31.1 Å². The maximum Gasteiger partial charge on any atom is 0.416 e. The van der Waals surface area contributed by atoms with Crippen molar-refractivity contribution in [2.45, 2.75) is 104 Å². The molecular weight excluding hydrogens is 698 g/mol. The van der Waals surface area contributed by atoms with Crippen molar-refractivity contribution in [3.8, 4) is 0 Å². The summed E-state index contributed by atoms with van der Waals surface area (Å²) in [5.74, 6) is 1.78. The highest BCUT2D eigenvalue weighted by Gasteiger charge is 2.38. The third-order valence-corrected chi connectivity index (χ3v) is 10.2. The number of hydrogen-bond acceptors (Lipinski definition) is 7. The van der Waals surface area contributed by atoms with Gasteiger partial charge in [-0.05, 0) is 108 Å². The SMILES string of the molecule is Cc1nc(N(Cc2cc(C(F)(F)F)cc(C(F)(F)F)c2)Cc2cc3c(C)nn(C(C)(C)C)c3nc2N(CC2CC2)CC2CC2)ncc1N1CCCC1=O. The van der Waals surface area contributed by atoms with Crippen molar-refractivity contribution in [3.05, 3.63) is 64.1 Å². The van der Waals surface area contributed by atoms with Gasteiger partial charge in [0.15, 0.2) is 5.65 Å². The van der Waals surface area contributed by atoms with Gasteiger partial charge in [-0.15, -0.1) is 0 Å². The fourth-order valence-electron chi connectivity index (χ4n) is 7.05. The Morgan fingerprint density at radius 3 is 1.94 bits per heavy atom. The van der Waals surface area contributed by atoms with Crippen LogP contribution >= 0.6 is 0 Å². The van der Waals surface area contributed by atoms with E-state index in [0.29, 0.717) is 54.1 Å². The Kier molecular flexibility index (Phi) is 9.37. The highest BCUT2D eigenvalue weighted by Crippen LogP contribution is 2.40. The molecule has 3 fully saturated rings. The van der Waals surface area contributed by atoms with Crippen LogP contribution in [0.4, 0.5) is 43.8 Å². The number of hydrogen-bond donors (Lipinski definition) is 0. The molecule has 3 aliphatic rings. The number of rotatable bonds is 11. The van der Waals surface area contributed by atoms with Crippen LogP contribution in [-0.4, -0.2) is 50.3 Å². The van der Waals surface area contributed by atoms with Crippen LogP contribution in [0.2, 0.25) is 0 Å². The Labute approximate surface area is 304 Å². The van der Waals surface area contributed by atoms with Crippen molar-refractivity contribution in [2.75, 3.05) is 34.3 Å². The standard InChI is InChI=1S/C38H44F6N8O/c1-22-30-15-27(33(47-34(30)52(48-22)36(3,4)5)49(18-24-8-9-24)19-25-10-11-25)21-50(35-45-17-31(23(2)46-35)51-12-6-7-32(51)53)20-26-13-28(37(39,40)41)16-29(14-26)38(42,43)44/h13-17,24-25H,6-12,18-21H2,1-5H3. The Morgan fingerprint density at radius 2 is 1.43 bits per heavy atom. The number of aryl methyl sites for hydroxylation is 2. The molecule has 15 heteroatoms. The van der Waals surface area contributed by atoms with Crippen LogP contribution < -0.4 is 14.7 Å². The number of fused-ring (bicyclic) bond motifs is 1. The maximum absolute atomic E-state index is 14.0. The topological polar surface area (TPSA) is 83.3 Å². The van der Waals surface area contributed by atoms with Crippen LogP contribution in [0.5, 0.6) is 0 Å². The largest absolute Gasteiger partial charge is 0.416 e. The molecule has 53 heavy (non-hydrogen) atoms. The van der Waals surface area contributed by atoms with E-state index in [1.807, 2.05) is 38.4 Å². The molecule has 9 nitrogen and oxygen atoms in total. The summed E-state index contributed by atoms with van der Waals surface area (Å²) in [6, 6.07) is 3.63. The fraction of sp³-hybridized carbons (Fsp3) is 0.553. The number of halogens is 6. The number of amides is 1. The molecule has 0 N–H and O–H groups in total. The summed E-state index contributed by atoms with van der Waals surface area (Å²) >= 11 is 0. The monoisotopic (exact) mass is 742 g/mol. The number of carbonyl (C=O) groups is 1. The lowest BCUT2D eigenvalue weighted by atomic mass is 10.0. The summed E-state index contributed by atoms with van der Waals surface area (Å²) in [5.41, 5.74) is -0.197. The first-order valence-electron chi connectivity index (χ1n) is 18.2. The van der Waals surface area contributed by atoms with Gasteiger partial charge in [0.2, 0.25) is 11.9 Å². The molecule has 1 saturated heterocycles. The van der Waals surface area contributed by atoms with E-state index in [0.717, 1.165) is 67.5 Å². The molecule has 0 bridgehead atoms. The van der Waals surface area contributed by atoms with E-state index in [4.69, 9.17) is 15.1 Å². The number of nitrogens with zero attached hydrogens (tertiary/aromatic N) is 8. The van der Waals surface area contributed by atoms with Gasteiger partial charge >= 0.3 is 12.4 Å².